The molecule has 4 aromatic rings. The van der Waals surface area contributed by atoms with Crippen molar-refractivity contribution in [2.45, 2.75) is 39.0 Å². The van der Waals surface area contributed by atoms with Crippen LogP contribution in [0, 0.1) is 5.82 Å². The lowest BCUT2D eigenvalue weighted by atomic mass is 9.99. The van der Waals surface area contributed by atoms with Crippen LogP contribution in [0.3, 0.4) is 0 Å². The smallest absolute Gasteiger partial charge is 0.159 e. The average molecular weight is 449 g/mol. The van der Waals surface area contributed by atoms with Crippen molar-refractivity contribution in [1.82, 2.24) is 9.97 Å². The third-order valence-electron chi connectivity index (χ3n) is 5.53. The van der Waals surface area contributed by atoms with Crippen LogP contribution >= 0.6 is 11.6 Å². The first-order valence-electron chi connectivity index (χ1n) is 11.0. The monoisotopic (exact) mass is 448 g/mol. The lowest BCUT2D eigenvalue weighted by Gasteiger charge is -2.09. The van der Waals surface area contributed by atoms with E-state index in [-0.39, 0.29) is 5.82 Å². The van der Waals surface area contributed by atoms with Gasteiger partial charge in [0.2, 0.25) is 0 Å². The number of nitrogens with zero attached hydrogens (tertiary/aromatic N) is 2. The number of rotatable bonds is 9. The maximum Gasteiger partial charge on any atom is 0.159 e. The molecule has 0 aliphatic heterocycles. The first-order valence-corrected chi connectivity index (χ1v) is 11.4. The van der Waals surface area contributed by atoms with Crippen LogP contribution in [-0.2, 0) is 12.8 Å². The zero-order chi connectivity index (χ0) is 22.3. The van der Waals surface area contributed by atoms with E-state index in [2.05, 4.69) is 16.9 Å². The van der Waals surface area contributed by atoms with Gasteiger partial charge in [-0.25, -0.2) is 14.4 Å². The SMILES string of the molecule is CCCCCOc1cnc(-c2ccc3c(F)c(CCc4ccc(Cl)cc4)ccc3c2)nc1. The van der Waals surface area contributed by atoms with Crippen molar-refractivity contribution in [3.8, 4) is 17.1 Å². The Hall–Kier alpha value is -2.98. The van der Waals surface area contributed by atoms with Crippen LogP contribution in [0.5, 0.6) is 5.75 Å². The zero-order valence-electron chi connectivity index (χ0n) is 18.2. The van der Waals surface area contributed by atoms with Crippen LogP contribution in [0.15, 0.2) is 67.0 Å². The van der Waals surface area contributed by atoms with Crippen molar-refractivity contribution in [3.05, 3.63) is 89.0 Å². The Balaban J connectivity index is 1.47. The normalized spacial score (nSPS) is 11.1. The van der Waals surface area contributed by atoms with Crippen molar-refractivity contribution in [3.63, 3.8) is 0 Å². The summed E-state index contributed by atoms with van der Waals surface area (Å²) in [6, 6.07) is 17.1. The molecule has 0 unspecified atom stereocenters. The van der Waals surface area contributed by atoms with Crippen molar-refractivity contribution in [2.24, 2.45) is 0 Å². The number of hydrogen-bond donors (Lipinski definition) is 0. The summed E-state index contributed by atoms with van der Waals surface area (Å²) < 4.78 is 20.8. The molecule has 5 heteroatoms. The van der Waals surface area contributed by atoms with E-state index in [0.717, 1.165) is 42.2 Å². The van der Waals surface area contributed by atoms with E-state index in [1.54, 1.807) is 12.4 Å². The molecule has 0 radical (unpaired) electrons. The van der Waals surface area contributed by atoms with Crippen molar-refractivity contribution in [1.29, 1.82) is 0 Å². The number of hydrogen-bond acceptors (Lipinski definition) is 3. The molecule has 0 aliphatic rings. The Morgan fingerprint density at radius 3 is 2.44 bits per heavy atom. The van der Waals surface area contributed by atoms with Crippen LogP contribution in [-0.4, -0.2) is 16.6 Å². The molecule has 0 aliphatic carbocycles. The molecule has 0 bridgehead atoms. The number of ether oxygens (including phenoxy) is 1. The van der Waals surface area contributed by atoms with E-state index in [1.165, 1.54) is 0 Å². The topological polar surface area (TPSA) is 35.0 Å². The molecule has 1 aromatic heterocycles. The molecular weight excluding hydrogens is 423 g/mol. The number of halogens is 2. The van der Waals surface area contributed by atoms with Crippen LogP contribution in [0.4, 0.5) is 4.39 Å². The molecule has 0 saturated carbocycles. The Morgan fingerprint density at radius 1 is 0.906 bits per heavy atom. The van der Waals surface area contributed by atoms with Gasteiger partial charge in [-0.15, -0.1) is 0 Å². The van der Waals surface area contributed by atoms with Crippen molar-refractivity contribution in [2.75, 3.05) is 6.61 Å². The van der Waals surface area contributed by atoms with E-state index in [1.807, 2.05) is 54.6 Å². The first kappa shape index (κ1) is 22.2. The Kier molecular flexibility index (Phi) is 7.33. The van der Waals surface area contributed by atoms with Gasteiger partial charge in [-0.05, 0) is 54.0 Å². The van der Waals surface area contributed by atoms with E-state index >= 15 is 4.39 Å². The quantitative estimate of drug-likeness (QED) is 0.249. The molecule has 3 nitrogen and oxygen atoms in total. The largest absolute Gasteiger partial charge is 0.490 e. The fourth-order valence-corrected chi connectivity index (χ4v) is 3.81. The minimum absolute atomic E-state index is 0.167. The highest BCUT2D eigenvalue weighted by Gasteiger charge is 2.10. The maximum atomic E-state index is 15.1. The highest BCUT2D eigenvalue weighted by molar-refractivity contribution is 6.30. The number of aryl methyl sites for hydroxylation is 2. The van der Waals surface area contributed by atoms with E-state index in [4.69, 9.17) is 16.3 Å². The number of aromatic nitrogens is 2. The first-order chi connectivity index (χ1) is 15.6. The van der Waals surface area contributed by atoms with Crippen molar-refractivity contribution < 1.29 is 9.13 Å². The van der Waals surface area contributed by atoms with Gasteiger partial charge < -0.3 is 4.74 Å². The minimum atomic E-state index is -0.167. The molecule has 4 rings (SSSR count). The molecule has 1 heterocycles. The lowest BCUT2D eigenvalue weighted by molar-refractivity contribution is 0.304. The predicted octanol–water partition coefficient (Wildman–Crippen LogP) is 7.44. The molecule has 0 atom stereocenters. The Morgan fingerprint density at radius 2 is 1.69 bits per heavy atom. The minimum Gasteiger partial charge on any atom is -0.490 e. The van der Waals surface area contributed by atoms with Gasteiger partial charge in [0, 0.05) is 16.0 Å². The summed E-state index contributed by atoms with van der Waals surface area (Å²) in [7, 11) is 0. The molecule has 32 heavy (non-hydrogen) atoms. The Labute approximate surface area is 193 Å². The van der Waals surface area contributed by atoms with Gasteiger partial charge in [0.05, 0.1) is 19.0 Å². The summed E-state index contributed by atoms with van der Waals surface area (Å²) in [6.07, 6.45) is 8.11. The lowest BCUT2D eigenvalue weighted by Crippen LogP contribution is -1.99. The highest BCUT2D eigenvalue weighted by Crippen LogP contribution is 2.27. The second-order valence-corrected chi connectivity index (χ2v) is 8.34. The number of unbranched alkanes of at least 4 members (excludes halogenated alkanes) is 2. The van der Waals surface area contributed by atoms with E-state index in [0.29, 0.717) is 40.6 Å². The summed E-state index contributed by atoms with van der Waals surface area (Å²) in [4.78, 5) is 8.85. The van der Waals surface area contributed by atoms with E-state index < -0.39 is 0 Å². The summed E-state index contributed by atoms with van der Waals surface area (Å²) >= 11 is 5.94. The second-order valence-electron chi connectivity index (χ2n) is 7.90. The molecule has 164 valence electrons. The molecule has 0 amide bonds. The molecular formula is C27H26ClFN2O. The van der Waals surface area contributed by atoms with Gasteiger partial charge in [-0.2, -0.15) is 0 Å². The zero-order valence-corrected chi connectivity index (χ0v) is 18.9. The van der Waals surface area contributed by atoms with Crippen molar-refractivity contribution >= 4 is 22.4 Å². The Bertz CT molecular complexity index is 1180. The highest BCUT2D eigenvalue weighted by atomic mass is 35.5. The summed E-state index contributed by atoms with van der Waals surface area (Å²) in [5.74, 6) is 1.10. The van der Waals surface area contributed by atoms with Gasteiger partial charge in [0.25, 0.3) is 0 Å². The van der Waals surface area contributed by atoms with Gasteiger partial charge in [0.15, 0.2) is 11.6 Å². The van der Waals surface area contributed by atoms with Crippen LogP contribution in [0.1, 0.15) is 37.3 Å². The average Bonchev–Trinajstić information content (AvgIpc) is 2.83. The fraction of sp³-hybridized carbons (Fsp3) is 0.259. The molecule has 3 aromatic carbocycles. The standard InChI is InChI=1S/C27H26ClFN2O/c1-2-3-4-15-32-24-17-30-27(31-18-24)22-11-14-25-21(16-22)10-9-20(26(25)29)8-5-19-6-12-23(28)13-7-19/h6-7,9-14,16-18H,2-5,8,15H2,1H3. The molecule has 0 saturated heterocycles. The van der Waals surface area contributed by atoms with Gasteiger partial charge >= 0.3 is 0 Å². The molecule has 0 spiro atoms. The van der Waals surface area contributed by atoms with Gasteiger partial charge in [-0.1, -0.05) is 67.8 Å². The van der Waals surface area contributed by atoms with Crippen LogP contribution < -0.4 is 4.74 Å². The number of fused-ring (bicyclic) bond motifs is 1. The molecule has 0 N–H and O–H groups in total. The maximum absolute atomic E-state index is 15.1. The van der Waals surface area contributed by atoms with Crippen LogP contribution in [0.2, 0.25) is 5.02 Å². The third kappa shape index (κ3) is 5.43. The summed E-state index contributed by atoms with van der Waals surface area (Å²) in [6.45, 7) is 2.84. The summed E-state index contributed by atoms with van der Waals surface area (Å²) in [5.41, 5.74) is 2.70. The predicted molar refractivity (Wildman–Crippen MR) is 129 cm³/mol. The second kappa shape index (κ2) is 10.6. The van der Waals surface area contributed by atoms with Gasteiger partial charge in [0.1, 0.15) is 5.82 Å². The van der Waals surface area contributed by atoms with Crippen LogP contribution in [0.25, 0.3) is 22.2 Å². The summed E-state index contributed by atoms with van der Waals surface area (Å²) in [5, 5.41) is 2.15. The third-order valence-corrected chi connectivity index (χ3v) is 5.79. The fourth-order valence-electron chi connectivity index (χ4n) is 3.68. The molecule has 0 fully saturated rings. The van der Waals surface area contributed by atoms with E-state index in [9.17, 15) is 0 Å². The van der Waals surface area contributed by atoms with Gasteiger partial charge in [-0.3, -0.25) is 0 Å². The number of benzene rings is 3.